The van der Waals surface area contributed by atoms with Crippen molar-refractivity contribution in [2.24, 2.45) is 0 Å². The van der Waals surface area contributed by atoms with E-state index in [1.54, 1.807) is 12.1 Å². The monoisotopic (exact) mass is 441 g/mol. The molecule has 168 valence electrons. The molecule has 1 fully saturated rings. The van der Waals surface area contributed by atoms with Crippen molar-refractivity contribution in [3.63, 3.8) is 0 Å². The molecule has 0 bridgehead atoms. The van der Waals surface area contributed by atoms with Crippen LogP contribution in [0.4, 0.5) is 0 Å². The van der Waals surface area contributed by atoms with Crippen molar-refractivity contribution in [3.05, 3.63) is 94.9 Å². The van der Waals surface area contributed by atoms with E-state index in [2.05, 4.69) is 20.9 Å². The average Bonchev–Trinajstić information content (AvgIpc) is 2.86. The van der Waals surface area contributed by atoms with Crippen LogP contribution in [0.1, 0.15) is 5.69 Å². The van der Waals surface area contributed by atoms with E-state index in [9.17, 15) is 4.79 Å². The van der Waals surface area contributed by atoms with Crippen LogP contribution in [0.2, 0.25) is 0 Å². The summed E-state index contributed by atoms with van der Waals surface area (Å²) in [6, 6.07) is 22.6. The van der Waals surface area contributed by atoms with Gasteiger partial charge in [0.25, 0.3) is 0 Å². The summed E-state index contributed by atoms with van der Waals surface area (Å²) in [4.78, 5) is 21.7. The first-order valence-corrected chi connectivity index (χ1v) is 11.4. The van der Waals surface area contributed by atoms with Crippen molar-refractivity contribution in [3.8, 4) is 17.1 Å². The molecule has 0 spiro atoms. The van der Waals surface area contributed by atoms with Crippen LogP contribution >= 0.6 is 0 Å². The molecule has 2 aromatic heterocycles. The molecular weight excluding hydrogens is 414 g/mol. The van der Waals surface area contributed by atoms with Gasteiger partial charge in [-0.05, 0) is 48.5 Å². The Bertz CT molecular complexity index is 1250. The van der Waals surface area contributed by atoms with Crippen LogP contribution in [0.5, 0.6) is 5.75 Å². The zero-order valence-corrected chi connectivity index (χ0v) is 18.5. The fourth-order valence-electron chi connectivity index (χ4n) is 4.15. The zero-order valence-electron chi connectivity index (χ0n) is 18.5. The van der Waals surface area contributed by atoms with E-state index in [1.807, 2.05) is 60.8 Å². The van der Waals surface area contributed by atoms with E-state index < -0.39 is 0 Å². The second-order valence-electron chi connectivity index (χ2n) is 8.28. The predicted molar refractivity (Wildman–Crippen MR) is 129 cm³/mol. The highest BCUT2D eigenvalue weighted by molar-refractivity contribution is 5.78. The normalized spacial score (nSPS) is 15.0. The van der Waals surface area contributed by atoms with Crippen LogP contribution in [0.3, 0.4) is 0 Å². The van der Waals surface area contributed by atoms with Crippen LogP contribution in [-0.2, 0) is 6.54 Å². The topological polar surface area (TPSA) is 58.8 Å². The number of rotatable bonds is 7. The first-order chi connectivity index (χ1) is 16.2. The number of hydrogen-bond acceptors (Lipinski definition) is 6. The maximum Gasteiger partial charge on any atom is 0.193 e. The van der Waals surface area contributed by atoms with Gasteiger partial charge in [-0.15, -0.1) is 0 Å². The summed E-state index contributed by atoms with van der Waals surface area (Å²) in [7, 11) is 0. The van der Waals surface area contributed by atoms with Gasteiger partial charge in [-0.3, -0.25) is 19.6 Å². The largest absolute Gasteiger partial charge is 0.492 e. The third kappa shape index (κ3) is 5.30. The first kappa shape index (κ1) is 21.4. The van der Waals surface area contributed by atoms with Crippen molar-refractivity contribution in [2.45, 2.75) is 6.54 Å². The molecule has 0 radical (unpaired) electrons. The number of ether oxygens (including phenoxy) is 1. The van der Waals surface area contributed by atoms with E-state index in [-0.39, 0.29) is 5.43 Å². The summed E-state index contributed by atoms with van der Waals surface area (Å²) in [6.07, 6.45) is 1.85. The van der Waals surface area contributed by atoms with Gasteiger partial charge in [0, 0.05) is 57.1 Å². The molecule has 0 aliphatic carbocycles. The van der Waals surface area contributed by atoms with Gasteiger partial charge >= 0.3 is 0 Å². The maximum atomic E-state index is 12.3. The number of para-hydroxylation sites is 1. The Morgan fingerprint density at radius 3 is 2.42 bits per heavy atom. The van der Waals surface area contributed by atoms with Gasteiger partial charge in [-0.1, -0.05) is 18.2 Å². The standard InChI is InChI=1S/C27H27N3O3/c31-25-19-27(33-26-7-2-1-6-24(25)26)21-8-10-23(11-9-21)32-18-17-29-13-15-30(16-14-29)20-22-5-3-4-12-28-22/h1-12,19H,13-18,20H2. The highest BCUT2D eigenvalue weighted by Gasteiger charge is 2.17. The van der Waals surface area contributed by atoms with Crippen molar-refractivity contribution in [2.75, 3.05) is 39.3 Å². The molecule has 3 heterocycles. The SMILES string of the molecule is O=c1cc(-c2ccc(OCCN3CCN(Cc4ccccn4)CC3)cc2)oc2ccccc12. The molecule has 0 amide bonds. The molecule has 0 N–H and O–H groups in total. The average molecular weight is 442 g/mol. The molecule has 1 aliphatic rings. The van der Waals surface area contributed by atoms with Gasteiger partial charge in [0.05, 0.1) is 11.1 Å². The molecule has 1 aliphatic heterocycles. The fraction of sp³-hybridized carbons (Fsp3) is 0.259. The molecule has 4 aromatic rings. The Labute approximate surface area is 193 Å². The number of hydrogen-bond donors (Lipinski definition) is 0. The summed E-state index contributed by atoms with van der Waals surface area (Å²) in [5.41, 5.74) is 2.54. The molecular formula is C27H27N3O3. The second-order valence-corrected chi connectivity index (χ2v) is 8.28. The Hall–Kier alpha value is -3.48. The minimum absolute atomic E-state index is 0.0349. The molecule has 33 heavy (non-hydrogen) atoms. The molecule has 0 atom stereocenters. The number of pyridine rings is 1. The van der Waals surface area contributed by atoms with Crippen LogP contribution < -0.4 is 10.2 Å². The van der Waals surface area contributed by atoms with Gasteiger partial charge in [0.15, 0.2) is 5.43 Å². The summed E-state index contributed by atoms with van der Waals surface area (Å²) in [5, 5.41) is 0.596. The van der Waals surface area contributed by atoms with Gasteiger partial charge in [-0.25, -0.2) is 0 Å². The molecule has 1 saturated heterocycles. The number of aromatic nitrogens is 1. The van der Waals surface area contributed by atoms with Crippen LogP contribution in [-0.4, -0.2) is 54.1 Å². The van der Waals surface area contributed by atoms with Crippen molar-refractivity contribution < 1.29 is 9.15 Å². The van der Waals surface area contributed by atoms with Gasteiger partial charge < -0.3 is 9.15 Å². The molecule has 0 unspecified atom stereocenters. The number of nitrogens with zero attached hydrogens (tertiary/aromatic N) is 3. The van der Waals surface area contributed by atoms with E-state index >= 15 is 0 Å². The van der Waals surface area contributed by atoms with Gasteiger partial charge in [0.2, 0.25) is 0 Å². The summed E-state index contributed by atoms with van der Waals surface area (Å²) >= 11 is 0. The third-order valence-electron chi connectivity index (χ3n) is 6.03. The number of piperazine rings is 1. The van der Waals surface area contributed by atoms with E-state index in [0.29, 0.717) is 23.3 Å². The Morgan fingerprint density at radius 1 is 0.879 bits per heavy atom. The zero-order chi connectivity index (χ0) is 22.5. The van der Waals surface area contributed by atoms with Crippen molar-refractivity contribution >= 4 is 11.0 Å². The van der Waals surface area contributed by atoms with Crippen LogP contribution in [0.25, 0.3) is 22.3 Å². The molecule has 6 heteroatoms. The Balaban J connectivity index is 1.10. The molecule has 0 saturated carbocycles. The number of fused-ring (bicyclic) bond motifs is 1. The van der Waals surface area contributed by atoms with Crippen molar-refractivity contribution in [1.29, 1.82) is 0 Å². The van der Waals surface area contributed by atoms with E-state index in [0.717, 1.165) is 56.3 Å². The Kier molecular flexibility index (Phi) is 6.46. The summed E-state index contributed by atoms with van der Waals surface area (Å²) < 4.78 is 11.9. The summed E-state index contributed by atoms with van der Waals surface area (Å²) in [6.45, 7) is 6.62. The maximum absolute atomic E-state index is 12.3. The van der Waals surface area contributed by atoms with E-state index in [1.165, 1.54) is 0 Å². The highest BCUT2D eigenvalue weighted by Crippen LogP contribution is 2.24. The van der Waals surface area contributed by atoms with E-state index in [4.69, 9.17) is 9.15 Å². The first-order valence-electron chi connectivity index (χ1n) is 11.4. The van der Waals surface area contributed by atoms with Gasteiger partial charge in [-0.2, -0.15) is 0 Å². The lowest BCUT2D eigenvalue weighted by atomic mass is 10.1. The highest BCUT2D eigenvalue weighted by atomic mass is 16.5. The lowest BCUT2D eigenvalue weighted by Gasteiger charge is -2.34. The second kappa shape index (κ2) is 9.98. The quantitative estimate of drug-likeness (QED) is 0.431. The number of benzene rings is 2. The molecule has 6 nitrogen and oxygen atoms in total. The lowest BCUT2D eigenvalue weighted by Crippen LogP contribution is -2.47. The van der Waals surface area contributed by atoms with Crippen LogP contribution in [0, 0.1) is 0 Å². The fourth-order valence-corrected chi connectivity index (χ4v) is 4.15. The minimum Gasteiger partial charge on any atom is -0.492 e. The Morgan fingerprint density at radius 2 is 1.64 bits per heavy atom. The van der Waals surface area contributed by atoms with Crippen molar-refractivity contribution in [1.82, 2.24) is 14.8 Å². The minimum atomic E-state index is -0.0349. The third-order valence-corrected chi connectivity index (χ3v) is 6.03. The molecule has 5 rings (SSSR count). The smallest absolute Gasteiger partial charge is 0.193 e. The van der Waals surface area contributed by atoms with Gasteiger partial charge in [0.1, 0.15) is 23.7 Å². The summed E-state index contributed by atoms with van der Waals surface area (Å²) in [5.74, 6) is 1.38. The van der Waals surface area contributed by atoms with Crippen LogP contribution in [0.15, 0.2) is 88.2 Å². The lowest BCUT2D eigenvalue weighted by molar-refractivity contribution is 0.111. The predicted octanol–water partition coefficient (Wildman–Crippen LogP) is 4.05. The molecule has 2 aromatic carbocycles.